The molecule has 1 heterocycles. The molecule has 0 aliphatic rings. The van der Waals surface area contributed by atoms with Crippen LogP contribution in [0, 0.1) is 0 Å². The van der Waals surface area contributed by atoms with Gasteiger partial charge in [0, 0.05) is 20.6 Å². The van der Waals surface area contributed by atoms with Crippen LogP contribution in [0.2, 0.25) is 5.28 Å². The van der Waals surface area contributed by atoms with Crippen molar-refractivity contribution in [1.29, 1.82) is 0 Å². The third kappa shape index (κ3) is 3.76. The summed E-state index contributed by atoms with van der Waals surface area (Å²) in [4.78, 5) is 13.5. The van der Waals surface area contributed by atoms with Crippen LogP contribution in [0.5, 0.6) is 0 Å². The Kier molecular flexibility index (Phi) is 4.66. The maximum atomic E-state index is 9.14. The molecule has 1 unspecified atom stereocenters. The van der Waals surface area contributed by atoms with E-state index in [1.54, 1.807) is 19.0 Å². The molecule has 7 nitrogen and oxygen atoms in total. The van der Waals surface area contributed by atoms with Crippen molar-refractivity contribution in [3.8, 4) is 0 Å². The van der Waals surface area contributed by atoms with E-state index in [2.05, 4.69) is 20.3 Å². The first kappa shape index (κ1) is 12.9. The number of rotatable bonds is 5. The van der Waals surface area contributed by atoms with E-state index in [0.717, 1.165) is 0 Å². The number of nitrogens with one attached hydrogen (secondary N) is 1. The van der Waals surface area contributed by atoms with Crippen LogP contribution < -0.4 is 10.2 Å². The normalized spacial score (nSPS) is 12.3. The van der Waals surface area contributed by atoms with Crippen LogP contribution >= 0.6 is 11.6 Å². The van der Waals surface area contributed by atoms with Crippen LogP contribution in [0.1, 0.15) is 0 Å². The van der Waals surface area contributed by atoms with Crippen LogP contribution in [0.4, 0.5) is 11.9 Å². The molecule has 90 valence electrons. The molecule has 0 aromatic carbocycles. The standard InChI is InChI=1S/C8H14ClN5O2/c1-14(2)8-12-6(9)11-7(13-8)10-3-5(16)4-15/h5,15-16H,3-4H2,1-2H3,(H,10,11,12,13). The largest absolute Gasteiger partial charge is 0.394 e. The fourth-order valence-electron chi connectivity index (χ4n) is 0.892. The number of aliphatic hydroxyl groups excluding tert-OH is 2. The van der Waals surface area contributed by atoms with Gasteiger partial charge in [-0.1, -0.05) is 0 Å². The molecule has 0 radical (unpaired) electrons. The highest BCUT2D eigenvalue weighted by Crippen LogP contribution is 2.11. The van der Waals surface area contributed by atoms with Gasteiger partial charge in [0.05, 0.1) is 12.7 Å². The van der Waals surface area contributed by atoms with Crippen molar-refractivity contribution in [3.05, 3.63) is 5.28 Å². The molecular weight excluding hydrogens is 234 g/mol. The minimum absolute atomic E-state index is 0.0692. The van der Waals surface area contributed by atoms with Gasteiger partial charge < -0.3 is 20.4 Å². The van der Waals surface area contributed by atoms with Gasteiger partial charge in [-0.2, -0.15) is 15.0 Å². The highest BCUT2D eigenvalue weighted by atomic mass is 35.5. The number of hydrogen-bond donors (Lipinski definition) is 3. The first-order chi connectivity index (χ1) is 7.52. The quantitative estimate of drug-likeness (QED) is 0.637. The van der Waals surface area contributed by atoms with E-state index in [1.807, 2.05) is 0 Å². The highest BCUT2D eigenvalue weighted by Gasteiger charge is 2.08. The Morgan fingerprint density at radius 2 is 2.06 bits per heavy atom. The molecule has 0 saturated carbocycles. The van der Waals surface area contributed by atoms with Gasteiger partial charge in [-0.05, 0) is 11.6 Å². The fourth-order valence-corrected chi connectivity index (χ4v) is 1.05. The molecule has 1 aromatic rings. The Hall–Kier alpha value is -1.18. The molecular formula is C8H14ClN5O2. The highest BCUT2D eigenvalue weighted by molar-refractivity contribution is 6.28. The predicted octanol–water partition coefficient (Wildman–Crippen LogP) is -0.644. The lowest BCUT2D eigenvalue weighted by atomic mass is 10.4. The minimum Gasteiger partial charge on any atom is -0.394 e. The molecule has 0 aliphatic carbocycles. The molecule has 0 aliphatic heterocycles. The molecule has 0 saturated heterocycles. The lowest BCUT2D eigenvalue weighted by Gasteiger charge is -2.12. The van der Waals surface area contributed by atoms with E-state index in [9.17, 15) is 0 Å². The average Bonchev–Trinajstić information content (AvgIpc) is 2.25. The molecule has 1 rings (SSSR count). The second kappa shape index (κ2) is 5.78. The van der Waals surface area contributed by atoms with Crippen molar-refractivity contribution in [3.63, 3.8) is 0 Å². The zero-order valence-electron chi connectivity index (χ0n) is 9.05. The predicted molar refractivity (Wildman–Crippen MR) is 60.7 cm³/mol. The van der Waals surface area contributed by atoms with Gasteiger partial charge in [0.15, 0.2) is 0 Å². The monoisotopic (exact) mass is 247 g/mol. The molecule has 1 atom stereocenters. The molecule has 0 spiro atoms. The lowest BCUT2D eigenvalue weighted by molar-refractivity contribution is 0.105. The summed E-state index contributed by atoms with van der Waals surface area (Å²) in [6, 6.07) is 0. The zero-order valence-corrected chi connectivity index (χ0v) is 9.81. The van der Waals surface area contributed by atoms with Crippen LogP contribution in [0.25, 0.3) is 0 Å². The van der Waals surface area contributed by atoms with Crippen molar-refractivity contribution >= 4 is 23.5 Å². The third-order valence-corrected chi connectivity index (χ3v) is 1.87. The van der Waals surface area contributed by atoms with E-state index in [0.29, 0.717) is 5.95 Å². The van der Waals surface area contributed by atoms with Gasteiger partial charge >= 0.3 is 0 Å². The number of hydrogen-bond acceptors (Lipinski definition) is 7. The first-order valence-corrected chi connectivity index (χ1v) is 5.02. The molecule has 1 aromatic heterocycles. The van der Waals surface area contributed by atoms with E-state index in [-0.39, 0.29) is 24.4 Å². The van der Waals surface area contributed by atoms with Crippen molar-refractivity contribution in [2.75, 3.05) is 37.5 Å². The Morgan fingerprint density at radius 3 is 2.62 bits per heavy atom. The van der Waals surface area contributed by atoms with E-state index < -0.39 is 6.10 Å². The fraction of sp³-hybridized carbons (Fsp3) is 0.625. The smallest absolute Gasteiger partial charge is 0.230 e. The second-order valence-corrected chi connectivity index (χ2v) is 3.68. The molecule has 0 amide bonds. The van der Waals surface area contributed by atoms with Gasteiger partial charge in [0.1, 0.15) is 0 Å². The number of nitrogens with zero attached hydrogens (tertiary/aromatic N) is 4. The van der Waals surface area contributed by atoms with E-state index in [1.165, 1.54) is 0 Å². The Morgan fingerprint density at radius 1 is 1.38 bits per heavy atom. The Balaban J connectivity index is 2.72. The summed E-state index contributed by atoms with van der Waals surface area (Å²) in [6.45, 7) is -0.184. The third-order valence-electron chi connectivity index (χ3n) is 1.70. The number of aliphatic hydroxyl groups is 2. The number of anilines is 2. The van der Waals surface area contributed by atoms with Gasteiger partial charge in [0.25, 0.3) is 0 Å². The van der Waals surface area contributed by atoms with Gasteiger partial charge in [-0.15, -0.1) is 0 Å². The maximum Gasteiger partial charge on any atom is 0.230 e. The van der Waals surface area contributed by atoms with Crippen molar-refractivity contribution in [1.82, 2.24) is 15.0 Å². The van der Waals surface area contributed by atoms with Crippen LogP contribution in [-0.2, 0) is 0 Å². The minimum atomic E-state index is -0.863. The Bertz CT molecular complexity index is 349. The molecule has 0 fully saturated rings. The Labute approximate surface area is 98.1 Å². The van der Waals surface area contributed by atoms with Gasteiger partial charge in [-0.3, -0.25) is 0 Å². The zero-order chi connectivity index (χ0) is 12.1. The van der Waals surface area contributed by atoms with Gasteiger partial charge in [0.2, 0.25) is 17.2 Å². The van der Waals surface area contributed by atoms with Crippen LogP contribution in [0.3, 0.4) is 0 Å². The second-order valence-electron chi connectivity index (χ2n) is 3.34. The lowest BCUT2D eigenvalue weighted by Crippen LogP contribution is -2.24. The average molecular weight is 248 g/mol. The summed E-state index contributed by atoms with van der Waals surface area (Å²) >= 11 is 5.70. The molecule has 3 N–H and O–H groups in total. The molecule has 8 heteroatoms. The summed E-state index contributed by atoms with van der Waals surface area (Å²) in [6.07, 6.45) is -0.863. The van der Waals surface area contributed by atoms with E-state index in [4.69, 9.17) is 21.8 Å². The van der Waals surface area contributed by atoms with Crippen molar-refractivity contribution in [2.45, 2.75) is 6.10 Å². The number of aromatic nitrogens is 3. The molecule has 0 bridgehead atoms. The van der Waals surface area contributed by atoms with Crippen LogP contribution in [0.15, 0.2) is 0 Å². The SMILES string of the molecule is CN(C)c1nc(Cl)nc(NCC(O)CO)n1. The summed E-state index contributed by atoms with van der Waals surface area (Å²) in [5.74, 6) is 0.678. The van der Waals surface area contributed by atoms with E-state index >= 15 is 0 Å². The van der Waals surface area contributed by atoms with Crippen molar-refractivity contribution in [2.24, 2.45) is 0 Å². The van der Waals surface area contributed by atoms with Crippen molar-refractivity contribution < 1.29 is 10.2 Å². The van der Waals surface area contributed by atoms with Gasteiger partial charge in [-0.25, -0.2) is 0 Å². The summed E-state index contributed by atoms with van der Waals surface area (Å²) < 4.78 is 0. The summed E-state index contributed by atoms with van der Waals surface area (Å²) in [7, 11) is 3.55. The maximum absolute atomic E-state index is 9.14. The van der Waals surface area contributed by atoms with Crippen LogP contribution in [-0.4, -0.2) is 58.5 Å². The molecule has 16 heavy (non-hydrogen) atoms. The topological polar surface area (TPSA) is 94.4 Å². The number of halogens is 1. The first-order valence-electron chi connectivity index (χ1n) is 4.64. The summed E-state index contributed by atoms with van der Waals surface area (Å²) in [5.41, 5.74) is 0. The summed E-state index contributed by atoms with van der Waals surface area (Å²) in [5, 5.41) is 20.6.